The zero-order chi connectivity index (χ0) is 15.2. The molecule has 6 heteroatoms. The van der Waals surface area contributed by atoms with Crippen LogP contribution in [0.4, 0.5) is 0 Å². The van der Waals surface area contributed by atoms with Crippen LogP contribution >= 0.6 is 0 Å². The number of ether oxygens (including phenoxy) is 2. The summed E-state index contributed by atoms with van der Waals surface area (Å²) in [6.07, 6.45) is 0.150. The van der Waals surface area contributed by atoms with E-state index in [0.717, 1.165) is 16.7 Å². The second-order valence-electron chi connectivity index (χ2n) is 4.45. The van der Waals surface area contributed by atoms with Crippen molar-refractivity contribution in [1.82, 2.24) is 10.3 Å². The van der Waals surface area contributed by atoms with E-state index >= 15 is 0 Å². The molecule has 0 radical (unpaired) electrons. The summed E-state index contributed by atoms with van der Waals surface area (Å²) in [6.45, 7) is 2.75. The first-order valence-corrected chi connectivity index (χ1v) is 6.74. The summed E-state index contributed by atoms with van der Waals surface area (Å²) in [5, 5.41) is 3.59. The molecule has 0 fully saturated rings. The second-order valence-corrected chi connectivity index (χ2v) is 4.45. The summed E-state index contributed by atoms with van der Waals surface area (Å²) in [5.41, 5.74) is 1.28. The van der Waals surface area contributed by atoms with Gasteiger partial charge in [0.2, 0.25) is 0 Å². The van der Waals surface area contributed by atoms with E-state index in [-0.39, 0.29) is 24.8 Å². The highest BCUT2D eigenvalue weighted by Gasteiger charge is 2.10. The Balaban J connectivity index is 2.04. The predicted octanol–water partition coefficient (Wildman–Crippen LogP) is 1.86. The molecule has 1 heterocycles. The minimum absolute atomic E-state index is 0.150. The molecule has 0 aliphatic carbocycles. The van der Waals surface area contributed by atoms with Crippen LogP contribution in [-0.4, -0.2) is 37.1 Å². The molecule has 6 nitrogen and oxygen atoms in total. The first kappa shape index (κ1) is 14.9. The largest absolute Gasteiger partial charge is 0.494 e. The molecule has 2 N–H and O–H groups in total. The van der Waals surface area contributed by atoms with Crippen LogP contribution in [0.1, 0.15) is 23.8 Å². The van der Waals surface area contributed by atoms with Crippen molar-refractivity contribution in [2.45, 2.75) is 13.3 Å². The van der Waals surface area contributed by atoms with E-state index in [2.05, 4.69) is 15.0 Å². The van der Waals surface area contributed by atoms with E-state index in [1.165, 1.54) is 7.11 Å². The van der Waals surface area contributed by atoms with Gasteiger partial charge >= 0.3 is 5.97 Å². The first-order valence-electron chi connectivity index (χ1n) is 6.74. The first-order chi connectivity index (χ1) is 10.1. The lowest BCUT2D eigenvalue weighted by Gasteiger charge is -2.02. The molecule has 0 saturated heterocycles. The highest BCUT2D eigenvalue weighted by Crippen LogP contribution is 2.21. The molecule has 1 aromatic heterocycles. The van der Waals surface area contributed by atoms with Crippen molar-refractivity contribution in [3.05, 3.63) is 30.0 Å². The minimum atomic E-state index is -0.353. The number of hydrogen-bond acceptors (Lipinski definition) is 4. The van der Waals surface area contributed by atoms with Gasteiger partial charge in [-0.15, -0.1) is 0 Å². The number of nitrogens with one attached hydrogen (secondary N) is 2. The molecule has 0 aliphatic heterocycles. The average Bonchev–Trinajstić information content (AvgIpc) is 2.90. The molecular weight excluding hydrogens is 272 g/mol. The number of esters is 1. The number of rotatable bonds is 6. The topological polar surface area (TPSA) is 80.4 Å². The van der Waals surface area contributed by atoms with E-state index in [9.17, 15) is 9.59 Å². The molecule has 0 atom stereocenters. The second kappa shape index (κ2) is 6.78. The lowest BCUT2D eigenvalue weighted by atomic mass is 10.2. The maximum atomic E-state index is 12.0. The summed E-state index contributed by atoms with van der Waals surface area (Å²) in [7, 11) is 1.32. The molecule has 0 saturated carbocycles. The Morgan fingerprint density at radius 3 is 2.81 bits per heavy atom. The van der Waals surface area contributed by atoms with Gasteiger partial charge in [0.25, 0.3) is 5.91 Å². The maximum absolute atomic E-state index is 12.0. The van der Waals surface area contributed by atoms with Crippen molar-refractivity contribution < 1.29 is 19.1 Å². The molecule has 1 aromatic carbocycles. The Labute approximate surface area is 122 Å². The van der Waals surface area contributed by atoms with E-state index in [4.69, 9.17) is 4.74 Å². The normalized spacial score (nSPS) is 10.4. The minimum Gasteiger partial charge on any atom is -0.494 e. The number of amides is 1. The third-order valence-corrected chi connectivity index (χ3v) is 2.99. The lowest BCUT2D eigenvalue weighted by molar-refractivity contribution is -0.140. The molecule has 21 heavy (non-hydrogen) atoms. The third kappa shape index (κ3) is 3.75. The summed E-state index contributed by atoms with van der Waals surface area (Å²) >= 11 is 0. The lowest BCUT2D eigenvalue weighted by Crippen LogP contribution is -2.26. The van der Waals surface area contributed by atoms with Crippen molar-refractivity contribution in [2.24, 2.45) is 0 Å². The Morgan fingerprint density at radius 1 is 1.29 bits per heavy atom. The number of carbonyl (C=O) groups is 2. The van der Waals surface area contributed by atoms with E-state index in [0.29, 0.717) is 12.3 Å². The Morgan fingerprint density at radius 2 is 2.10 bits per heavy atom. The van der Waals surface area contributed by atoms with Gasteiger partial charge in [-0.2, -0.15) is 0 Å². The van der Waals surface area contributed by atoms with Gasteiger partial charge in [-0.25, -0.2) is 0 Å². The zero-order valence-corrected chi connectivity index (χ0v) is 12.1. The Hall–Kier alpha value is -2.50. The van der Waals surface area contributed by atoms with Crippen LogP contribution in [0.25, 0.3) is 10.9 Å². The van der Waals surface area contributed by atoms with Crippen LogP contribution in [0.5, 0.6) is 5.75 Å². The van der Waals surface area contributed by atoms with E-state index in [1.54, 1.807) is 6.07 Å². The van der Waals surface area contributed by atoms with E-state index < -0.39 is 0 Å². The quantitative estimate of drug-likeness (QED) is 0.796. The third-order valence-electron chi connectivity index (χ3n) is 2.99. The number of aromatic nitrogens is 1. The molecule has 0 spiro atoms. The highest BCUT2D eigenvalue weighted by molar-refractivity contribution is 5.98. The van der Waals surface area contributed by atoms with Crippen molar-refractivity contribution in [3.8, 4) is 5.75 Å². The van der Waals surface area contributed by atoms with Crippen LogP contribution < -0.4 is 10.1 Å². The summed E-state index contributed by atoms with van der Waals surface area (Å²) < 4.78 is 9.93. The van der Waals surface area contributed by atoms with Gasteiger partial charge in [0.1, 0.15) is 11.4 Å². The number of methoxy groups -OCH3 is 1. The smallest absolute Gasteiger partial charge is 0.307 e. The predicted molar refractivity (Wildman–Crippen MR) is 78.4 cm³/mol. The summed E-state index contributed by atoms with van der Waals surface area (Å²) in [5.74, 6) is 0.144. The van der Waals surface area contributed by atoms with Gasteiger partial charge in [-0.05, 0) is 25.1 Å². The standard InChI is InChI=1S/C15H18N2O4/c1-3-21-11-5-4-10-8-13(17-12(10)9-11)15(19)16-7-6-14(18)20-2/h4-5,8-9,17H,3,6-7H2,1-2H3,(H,16,19). The van der Waals surface area contributed by atoms with Crippen LogP contribution in [-0.2, 0) is 9.53 Å². The molecule has 112 valence electrons. The SMILES string of the molecule is CCOc1ccc2cc(C(=O)NCCC(=O)OC)[nH]c2c1. The van der Waals surface area contributed by atoms with Crippen LogP contribution in [0.2, 0.25) is 0 Å². The number of fused-ring (bicyclic) bond motifs is 1. The van der Waals surface area contributed by atoms with Crippen molar-refractivity contribution >= 4 is 22.8 Å². The number of aromatic amines is 1. The van der Waals surface area contributed by atoms with Crippen LogP contribution in [0.15, 0.2) is 24.3 Å². The fourth-order valence-electron chi connectivity index (χ4n) is 1.96. The molecular formula is C15H18N2O4. The summed E-state index contributed by atoms with van der Waals surface area (Å²) in [4.78, 5) is 26.0. The molecule has 0 unspecified atom stereocenters. The van der Waals surface area contributed by atoms with Gasteiger partial charge < -0.3 is 19.8 Å². The number of carbonyl (C=O) groups excluding carboxylic acids is 2. The number of hydrogen-bond donors (Lipinski definition) is 2. The number of H-pyrrole nitrogens is 1. The van der Waals surface area contributed by atoms with Crippen molar-refractivity contribution in [2.75, 3.05) is 20.3 Å². The molecule has 0 bridgehead atoms. The molecule has 2 rings (SSSR count). The monoisotopic (exact) mass is 290 g/mol. The van der Waals surface area contributed by atoms with Gasteiger partial charge in [0.05, 0.1) is 20.1 Å². The van der Waals surface area contributed by atoms with Gasteiger partial charge in [-0.1, -0.05) is 0 Å². The Bertz CT molecular complexity index is 648. The molecule has 0 aliphatic rings. The zero-order valence-electron chi connectivity index (χ0n) is 12.1. The van der Waals surface area contributed by atoms with Crippen LogP contribution in [0, 0.1) is 0 Å². The van der Waals surface area contributed by atoms with Gasteiger partial charge in [-0.3, -0.25) is 9.59 Å². The van der Waals surface area contributed by atoms with E-state index in [1.807, 2.05) is 25.1 Å². The van der Waals surface area contributed by atoms with Gasteiger partial charge in [0, 0.05) is 23.5 Å². The fourth-order valence-corrected chi connectivity index (χ4v) is 1.96. The fraction of sp³-hybridized carbons (Fsp3) is 0.333. The number of benzene rings is 1. The Kier molecular flexibility index (Phi) is 4.81. The molecule has 2 aromatic rings. The van der Waals surface area contributed by atoms with Crippen LogP contribution in [0.3, 0.4) is 0 Å². The molecule has 1 amide bonds. The van der Waals surface area contributed by atoms with Crippen molar-refractivity contribution in [1.29, 1.82) is 0 Å². The average molecular weight is 290 g/mol. The van der Waals surface area contributed by atoms with Gasteiger partial charge in [0.15, 0.2) is 0 Å². The maximum Gasteiger partial charge on any atom is 0.307 e. The van der Waals surface area contributed by atoms with Crippen molar-refractivity contribution in [3.63, 3.8) is 0 Å². The summed E-state index contributed by atoms with van der Waals surface area (Å²) in [6, 6.07) is 7.36. The highest BCUT2D eigenvalue weighted by atomic mass is 16.5.